The van der Waals surface area contributed by atoms with Gasteiger partial charge < -0.3 is 20.4 Å². The molecule has 3 saturated carbocycles. The number of nitrogens with one attached hydrogen (secondary N) is 3. The summed E-state index contributed by atoms with van der Waals surface area (Å²) >= 11 is 0. The maximum Gasteiger partial charge on any atom is 0.255 e. The van der Waals surface area contributed by atoms with Crippen LogP contribution in [0.25, 0.3) is 0 Å². The summed E-state index contributed by atoms with van der Waals surface area (Å²) < 4.78 is 5.57. The fourth-order valence-electron chi connectivity index (χ4n) is 5.73. The van der Waals surface area contributed by atoms with Crippen molar-refractivity contribution in [3.8, 4) is 0 Å². The molecule has 6 heteroatoms. The predicted octanol–water partition coefficient (Wildman–Crippen LogP) is 3.58. The molecule has 2 amide bonds. The highest BCUT2D eigenvalue weighted by molar-refractivity contribution is 6.02. The van der Waals surface area contributed by atoms with E-state index in [-0.39, 0.29) is 29.1 Å². The summed E-state index contributed by atoms with van der Waals surface area (Å²) in [6.45, 7) is 4.51. The Morgan fingerprint density at radius 1 is 1.24 bits per heavy atom. The molecule has 4 atom stereocenters. The Morgan fingerprint density at radius 3 is 2.83 bits per heavy atom. The smallest absolute Gasteiger partial charge is 0.255 e. The second-order valence-corrected chi connectivity index (χ2v) is 9.18. The van der Waals surface area contributed by atoms with E-state index in [9.17, 15) is 9.59 Å². The predicted molar refractivity (Wildman–Crippen MR) is 109 cm³/mol. The number of hydrogen-bond donors (Lipinski definition) is 3. The molecular weight excluding hydrogens is 366 g/mol. The monoisotopic (exact) mass is 393 g/mol. The third-order valence-electron chi connectivity index (χ3n) is 7.22. The van der Waals surface area contributed by atoms with Gasteiger partial charge in [-0.05, 0) is 62.3 Å². The number of benzene rings is 1. The van der Waals surface area contributed by atoms with Gasteiger partial charge in [-0.25, -0.2) is 0 Å². The van der Waals surface area contributed by atoms with E-state index >= 15 is 0 Å². The van der Waals surface area contributed by atoms with Crippen LogP contribution in [-0.4, -0.2) is 17.5 Å². The van der Waals surface area contributed by atoms with Gasteiger partial charge in [-0.2, -0.15) is 0 Å². The van der Waals surface area contributed by atoms with Crippen molar-refractivity contribution in [1.82, 2.24) is 10.6 Å². The SMILES string of the molecule is Cc1ccc(CNC(=O)[C@@H]2C[C@@H]3CC[C@]2(C)C[C@]32NC(=O)c3ccccc3N2)o1. The zero-order chi connectivity index (χ0) is 20.2. The largest absolute Gasteiger partial charge is 0.465 e. The maximum absolute atomic E-state index is 13.0. The van der Waals surface area contributed by atoms with Gasteiger partial charge >= 0.3 is 0 Å². The molecule has 4 aliphatic rings. The van der Waals surface area contributed by atoms with Crippen molar-refractivity contribution in [1.29, 1.82) is 0 Å². The molecule has 3 aliphatic carbocycles. The highest BCUT2D eigenvalue weighted by atomic mass is 16.3. The first-order chi connectivity index (χ1) is 13.9. The Hall–Kier alpha value is -2.76. The molecule has 1 spiro atoms. The molecule has 2 bridgehead atoms. The lowest BCUT2D eigenvalue weighted by Crippen LogP contribution is -2.70. The molecule has 2 heterocycles. The number of furan rings is 1. The molecule has 1 aliphatic heterocycles. The Bertz CT molecular complexity index is 983. The fourth-order valence-corrected chi connectivity index (χ4v) is 5.73. The number of fused-ring (bicyclic) bond motifs is 3. The lowest BCUT2D eigenvalue weighted by atomic mass is 9.51. The number of para-hydroxylation sites is 1. The van der Waals surface area contributed by atoms with Crippen LogP contribution in [0.4, 0.5) is 5.69 Å². The third-order valence-corrected chi connectivity index (χ3v) is 7.22. The molecule has 6 rings (SSSR count). The van der Waals surface area contributed by atoms with Crippen molar-refractivity contribution < 1.29 is 14.0 Å². The summed E-state index contributed by atoms with van der Waals surface area (Å²) in [4.78, 5) is 25.8. The zero-order valence-electron chi connectivity index (χ0n) is 16.9. The minimum Gasteiger partial charge on any atom is -0.465 e. The molecule has 0 saturated heterocycles. The second-order valence-electron chi connectivity index (χ2n) is 9.18. The van der Waals surface area contributed by atoms with Crippen molar-refractivity contribution in [2.24, 2.45) is 17.3 Å². The Balaban J connectivity index is 1.35. The zero-order valence-corrected chi connectivity index (χ0v) is 16.9. The summed E-state index contributed by atoms with van der Waals surface area (Å²) in [6, 6.07) is 11.5. The minimum absolute atomic E-state index is 0.0234. The van der Waals surface area contributed by atoms with Gasteiger partial charge in [0.2, 0.25) is 5.91 Å². The van der Waals surface area contributed by atoms with Crippen LogP contribution in [0.5, 0.6) is 0 Å². The molecule has 0 radical (unpaired) electrons. The summed E-state index contributed by atoms with van der Waals surface area (Å²) in [5, 5.41) is 9.98. The molecule has 29 heavy (non-hydrogen) atoms. The minimum atomic E-state index is -0.465. The van der Waals surface area contributed by atoms with Crippen LogP contribution in [0.3, 0.4) is 0 Å². The first kappa shape index (κ1) is 18.3. The second kappa shape index (κ2) is 6.37. The Kier molecular flexibility index (Phi) is 4.02. The van der Waals surface area contributed by atoms with Crippen LogP contribution in [-0.2, 0) is 11.3 Å². The van der Waals surface area contributed by atoms with Crippen LogP contribution in [0.2, 0.25) is 0 Å². The normalized spacial score (nSPS) is 32.4. The molecular formula is C23H27N3O3. The number of amides is 2. The molecule has 152 valence electrons. The highest BCUT2D eigenvalue weighted by Crippen LogP contribution is 2.58. The quantitative estimate of drug-likeness (QED) is 0.744. The topological polar surface area (TPSA) is 83.4 Å². The highest BCUT2D eigenvalue weighted by Gasteiger charge is 2.60. The van der Waals surface area contributed by atoms with E-state index in [1.165, 1.54) is 0 Å². The number of carbonyl (C=O) groups excluding carboxylic acids is 2. The number of aryl methyl sites for hydroxylation is 1. The molecule has 3 N–H and O–H groups in total. The van der Waals surface area contributed by atoms with E-state index in [0.29, 0.717) is 12.1 Å². The average molecular weight is 393 g/mol. The van der Waals surface area contributed by atoms with Gasteiger partial charge in [0.25, 0.3) is 5.91 Å². The van der Waals surface area contributed by atoms with Gasteiger partial charge in [0.1, 0.15) is 17.2 Å². The van der Waals surface area contributed by atoms with Crippen LogP contribution in [0, 0.1) is 24.2 Å². The standard InChI is InChI=1S/C23H27N3O3/c1-14-7-8-16(29-14)12-24-21(28)18-11-15-9-10-22(18,2)13-23(15)25-19-6-4-3-5-17(19)20(27)26-23/h3-8,15,18,25H,9-13H2,1-2H3,(H,24,28)(H,26,27)/t15-,18-,22+,23-/m0/s1. The summed E-state index contributed by atoms with van der Waals surface area (Å²) in [5.41, 5.74) is 0.951. The van der Waals surface area contributed by atoms with Crippen molar-refractivity contribution in [2.75, 3.05) is 5.32 Å². The van der Waals surface area contributed by atoms with Crippen molar-refractivity contribution in [3.63, 3.8) is 0 Å². The van der Waals surface area contributed by atoms with Gasteiger partial charge in [-0.3, -0.25) is 9.59 Å². The van der Waals surface area contributed by atoms with Crippen molar-refractivity contribution in [3.05, 3.63) is 53.5 Å². The molecule has 1 aromatic carbocycles. The van der Waals surface area contributed by atoms with Crippen molar-refractivity contribution >= 4 is 17.5 Å². The Morgan fingerprint density at radius 2 is 2.07 bits per heavy atom. The number of anilines is 1. The first-order valence-electron chi connectivity index (χ1n) is 10.4. The van der Waals surface area contributed by atoms with Crippen LogP contribution in [0.15, 0.2) is 40.8 Å². The van der Waals surface area contributed by atoms with E-state index in [1.54, 1.807) is 0 Å². The van der Waals surface area contributed by atoms with Gasteiger partial charge in [-0.1, -0.05) is 19.1 Å². The fraction of sp³-hybridized carbons (Fsp3) is 0.478. The molecule has 2 aromatic rings. The van der Waals surface area contributed by atoms with Gasteiger partial charge in [0.15, 0.2) is 0 Å². The van der Waals surface area contributed by atoms with Crippen molar-refractivity contribution in [2.45, 2.75) is 51.7 Å². The summed E-state index contributed by atoms with van der Waals surface area (Å²) in [5.74, 6) is 1.85. The maximum atomic E-state index is 13.0. The third kappa shape index (κ3) is 2.93. The van der Waals surface area contributed by atoms with Crippen LogP contribution in [0.1, 0.15) is 54.5 Å². The lowest BCUT2D eigenvalue weighted by Gasteiger charge is -2.60. The molecule has 3 fully saturated rings. The summed E-state index contributed by atoms with van der Waals surface area (Å²) in [7, 11) is 0. The number of hydrogen-bond acceptors (Lipinski definition) is 4. The Labute approximate surface area is 170 Å². The van der Waals surface area contributed by atoms with Crippen LogP contribution >= 0.6 is 0 Å². The van der Waals surface area contributed by atoms with E-state index in [4.69, 9.17) is 4.42 Å². The van der Waals surface area contributed by atoms with Gasteiger partial charge in [0.05, 0.1) is 12.1 Å². The number of rotatable bonds is 3. The van der Waals surface area contributed by atoms with E-state index in [1.807, 2.05) is 43.3 Å². The molecule has 1 aromatic heterocycles. The lowest BCUT2D eigenvalue weighted by molar-refractivity contribution is -0.139. The molecule has 6 nitrogen and oxygen atoms in total. The summed E-state index contributed by atoms with van der Waals surface area (Å²) in [6.07, 6.45) is 3.53. The van der Waals surface area contributed by atoms with E-state index in [0.717, 1.165) is 42.9 Å². The van der Waals surface area contributed by atoms with E-state index in [2.05, 4.69) is 22.9 Å². The average Bonchev–Trinajstić information content (AvgIpc) is 3.11. The van der Waals surface area contributed by atoms with Crippen LogP contribution < -0.4 is 16.0 Å². The van der Waals surface area contributed by atoms with Gasteiger partial charge in [0, 0.05) is 17.5 Å². The number of carbonyl (C=O) groups is 2. The first-order valence-corrected chi connectivity index (χ1v) is 10.4. The van der Waals surface area contributed by atoms with E-state index < -0.39 is 5.66 Å². The van der Waals surface area contributed by atoms with Gasteiger partial charge in [-0.15, -0.1) is 0 Å². The molecule has 0 unspecified atom stereocenters.